The second-order valence-electron chi connectivity index (χ2n) is 6.23. The van der Waals surface area contributed by atoms with Crippen LogP contribution in [0.5, 0.6) is 0 Å². The smallest absolute Gasteiger partial charge is 0.165 e. The van der Waals surface area contributed by atoms with E-state index in [4.69, 9.17) is 21.6 Å². The molecule has 0 bridgehead atoms. The zero-order valence-electron chi connectivity index (χ0n) is 13.8. The molecular weight excluding hydrogens is 338 g/mol. The standard InChI is InChI=1S/C18H18ClN5O/c1-23-10-13(9-20-23)18-21-16(12-2-4-14(19)5-3-12)8-17(22-18)24-7-6-15(25)11-24/h2-5,8-10,15,25H,6-7,11H2,1H3. The molecule has 4 rings (SSSR count). The summed E-state index contributed by atoms with van der Waals surface area (Å²) in [5.74, 6) is 1.44. The fraction of sp³-hybridized carbons (Fsp3) is 0.278. The Morgan fingerprint density at radius 2 is 1.96 bits per heavy atom. The quantitative estimate of drug-likeness (QED) is 0.782. The molecule has 1 N–H and O–H groups in total. The third-order valence-corrected chi connectivity index (χ3v) is 4.56. The van der Waals surface area contributed by atoms with E-state index in [1.165, 1.54) is 0 Å². The van der Waals surface area contributed by atoms with Gasteiger partial charge < -0.3 is 10.0 Å². The average molecular weight is 356 g/mol. The second-order valence-corrected chi connectivity index (χ2v) is 6.67. The Hall–Kier alpha value is -2.44. The van der Waals surface area contributed by atoms with Crippen LogP contribution >= 0.6 is 11.6 Å². The number of aliphatic hydroxyl groups excluding tert-OH is 1. The fourth-order valence-electron chi connectivity index (χ4n) is 2.98. The van der Waals surface area contributed by atoms with Crippen LogP contribution in [0.15, 0.2) is 42.7 Å². The van der Waals surface area contributed by atoms with Gasteiger partial charge in [-0.25, -0.2) is 9.97 Å². The highest BCUT2D eigenvalue weighted by Gasteiger charge is 2.23. The van der Waals surface area contributed by atoms with E-state index >= 15 is 0 Å². The van der Waals surface area contributed by atoms with Gasteiger partial charge in [0.25, 0.3) is 0 Å². The van der Waals surface area contributed by atoms with Gasteiger partial charge in [-0.1, -0.05) is 23.7 Å². The first-order chi connectivity index (χ1) is 12.1. The van der Waals surface area contributed by atoms with Crippen LogP contribution in [-0.2, 0) is 7.05 Å². The molecule has 1 atom stereocenters. The largest absolute Gasteiger partial charge is 0.391 e. The maximum absolute atomic E-state index is 9.85. The zero-order chi connectivity index (χ0) is 17.4. The molecule has 0 radical (unpaired) electrons. The minimum atomic E-state index is -0.309. The average Bonchev–Trinajstić information content (AvgIpc) is 3.24. The van der Waals surface area contributed by atoms with Crippen molar-refractivity contribution >= 4 is 17.4 Å². The van der Waals surface area contributed by atoms with Crippen LogP contribution in [0.2, 0.25) is 5.02 Å². The number of benzene rings is 1. The monoisotopic (exact) mass is 355 g/mol. The molecule has 2 aromatic heterocycles. The van der Waals surface area contributed by atoms with Crippen molar-refractivity contribution in [3.8, 4) is 22.6 Å². The highest BCUT2D eigenvalue weighted by atomic mass is 35.5. The lowest BCUT2D eigenvalue weighted by molar-refractivity contribution is 0.198. The summed E-state index contributed by atoms with van der Waals surface area (Å²) in [5.41, 5.74) is 2.65. The molecule has 1 aromatic carbocycles. The molecule has 3 aromatic rings. The van der Waals surface area contributed by atoms with Gasteiger partial charge in [0.05, 0.1) is 23.6 Å². The Morgan fingerprint density at radius 3 is 2.60 bits per heavy atom. The number of rotatable bonds is 3. The van der Waals surface area contributed by atoms with E-state index in [0.29, 0.717) is 17.4 Å². The molecule has 0 amide bonds. The van der Waals surface area contributed by atoms with E-state index < -0.39 is 0 Å². The maximum Gasteiger partial charge on any atom is 0.165 e. The number of hydrogen-bond acceptors (Lipinski definition) is 5. The van der Waals surface area contributed by atoms with Crippen molar-refractivity contribution in [1.29, 1.82) is 0 Å². The molecule has 0 aliphatic carbocycles. The Kier molecular flexibility index (Phi) is 4.15. The van der Waals surface area contributed by atoms with Gasteiger partial charge >= 0.3 is 0 Å². The highest BCUT2D eigenvalue weighted by molar-refractivity contribution is 6.30. The van der Waals surface area contributed by atoms with Crippen LogP contribution in [0.25, 0.3) is 22.6 Å². The van der Waals surface area contributed by atoms with E-state index in [-0.39, 0.29) is 6.10 Å². The molecule has 1 aliphatic heterocycles. The Balaban J connectivity index is 1.81. The highest BCUT2D eigenvalue weighted by Crippen LogP contribution is 2.28. The molecule has 1 fully saturated rings. The molecule has 6 nitrogen and oxygen atoms in total. The van der Waals surface area contributed by atoms with Gasteiger partial charge in [-0.05, 0) is 18.6 Å². The van der Waals surface area contributed by atoms with Crippen molar-refractivity contribution in [2.75, 3.05) is 18.0 Å². The Bertz CT molecular complexity index is 893. The molecule has 1 unspecified atom stereocenters. The number of hydrogen-bond donors (Lipinski definition) is 1. The number of aliphatic hydroxyl groups is 1. The predicted molar refractivity (Wildman–Crippen MR) is 97.5 cm³/mol. The molecule has 7 heteroatoms. The van der Waals surface area contributed by atoms with Crippen molar-refractivity contribution in [3.05, 3.63) is 47.7 Å². The van der Waals surface area contributed by atoms with E-state index in [9.17, 15) is 5.11 Å². The predicted octanol–water partition coefficient (Wildman–Crippen LogP) is 2.77. The van der Waals surface area contributed by atoms with Crippen molar-refractivity contribution in [2.24, 2.45) is 7.05 Å². The van der Waals surface area contributed by atoms with Crippen LogP contribution in [0.1, 0.15) is 6.42 Å². The first-order valence-electron chi connectivity index (χ1n) is 8.15. The SMILES string of the molecule is Cn1cc(-c2nc(-c3ccc(Cl)cc3)cc(N3CCC(O)C3)n2)cn1. The van der Waals surface area contributed by atoms with Gasteiger partial charge in [0, 0.05) is 43.0 Å². The van der Waals surface area contributed by atoms with E-state index in [0.717, 1.165) is 35.6 Å². The maximum atomic E-state index is 9.85. The number of aromatic nitrogens is 4. The summed E-state index contributed by atoms with van der Waals surface area (Å²) in [7, 11) is 1.87. The first-order valence-corrected chi connectivity index (χ1v) is 8.53. The fourth-order valence-corrected chi connectivity index (χ4v) is 3.11. The number of anilines is 1. The van der Waals surface area contributed by atoms with Gasteiger partial charge in [0.1, 0.15) is 5.82 Å². The molecule has 1 aliphatic rings. The van der Waals surface area contributed by atoms with Crippen molar-refractivity contribution < 1.29 is 5.11 Å². The van der Waals surface area contributed by atoms with Gasteiger partial charge in [-0.15, -0.1) is 0 Å². The summed E-state index contributed by atoms with van der Waals surface area (Å²) >= 11 is 6.00. The lowest BCUT2D eigenvalue weighted by atomic mass is 10.1. The molecule has 128 valence electrons. The normalized spacial score (nSPS) is 17.2. The molecule has 25 heavy (non-hydrogen) atoms. The van der Waals surface area contributed by atoms with Crippen molar-refractivity contribution in [3.63, 3.8) is 0 Å². The van der Waals surface area contributed by atoms with Crippen LogP contribution in [0, 0.1) is 0 Å². The lowest BCUT2D eigenvalue weighted by Crippen LogP contribution is -2.22. The number of β-amino-alcohol motifs (C(OH)–C–C–N with tert-alkyl or cyclic N) is 1. The minimum absolute atomic E-state index is 0.309. The van der Waals surface area contributed by atoms with Crippen molar-refractivity contribution in [1.82, 2.24) is 19.7 Å². The summed E-state index contributed by atoms with van der Waals surface area (Å²) in [5, 5.41) is 14.8. The minimum Gasteiger partial charge on any atom is -0.391 e. The Labute approximate surface area is 150 Å². The number of halogens is 1. The summed E-state index contributed by atoms with van der Waals surface area (Å²) in [6, 6.07) is 9.55. The summed E-state index contributed by atoms with van der Waals surface area (Å²) < 4.78 is 1.73. The molecule has 0 spiro atoms. The molecule has 0 saturated carbocycles. The third-order valence-electron chi connectivity index (χ3n) is 4.30. The third kappa shape index (κ3) is 3.36. The van der Waals surface area contributed by atoms with Gasteiger partial charge in [-0.3, -0.25) is 4.68 Å². The van der Waals surface area contributed by atoms with Crippen LogP contribution in [0.3, 0.4) is 0 Å². The van der Waals surface area contributed by atoms with Crippen molar-refractivity contribution in [2.45, 2.75) is 12.5 Å². The van der Waals surface area contributed by atoms with E-state index in [2.05, 4.69) is 10.00 Å². The molecule has 3 heterocycles. The summed E-state index contributed by atoms with van der Waals surface area (Å²) in [6.07, 6.45) is 4.09. The Morgan fingerprint density at radius 1 is 1.16 bits per heavy atom. The number of nitrogens with zero attached hydrogens (tertiary/aromatic N) is 5. The molecular formula is C18H18ClN5O. The first kappa shape index (κ1) is 16.1. The second kappa shape index (κ2) is 6.46. The molecule has 1 saturated heterocycles. The van der Waals surface area contributed by atoms with Gasteiger partial charge in [-0.2, -0.15) is 5.10 Å². The topological polar surface area (TPSA) is 67.1 Å². The summed E-state index contributed by atoms with van der Waals surface area (Å²) in [4.78, 5) is 11.5. The summed E-state index contributed by atoms with van der Waals surface area (Å²) in [6.45, 7) is 1.37. The lowest BCUT2D eigenvalue weighted by Gasteiger charge is -2.18. The van der Waals surface area contributed by atoms with Crippen LogP contribution in [0.4, 0.5) is 5.82 Å². The van der Waals surface area contributed by atoms with Gasteiger partial charge in [0.15, 0.2) is 5.82 Å². The van der Waals surface area contributed by atoms with Crippen LogP contribution < -0.4 is 4.90 Å². The van der Waals surface area contributed by atoms with Gasteiger partial charge in [0.2, 0.25) is 0 Å². The van der Waals surface area contributed by atoms with E-state index in [1.807, 2.05) is 43.6 Å². The zero-order valence-corrected chi connectivity index (χ0v) is 14.6. The van der Waals surface area contributed by atoms with E-state index in [1.54, 1.807) is 10.9 Å². The number of aryl methyl sites for hydroxylation is 1. The van der Waals surface area contributed by atoms with Crippen LogP contribution in [-0.4, -0.2) is 44.0 Å².